The van der Waals surface area contributed by atoms with Gasteiger partial charge in [0.05, 0.1) is 10.6 Å². The van der Waals surface area contributed by atoms with Gasteiger partial charge in [0.15, 0.2) is 0 Å². The highest BCUT2D eigenvalue weighted by Gasteiger charge is 2.46. The molecule has 32 heavy (non-hydrogen) atoms. The number of hydrogen-bond acceptors (Lipinski definition) is 4. The maximum absolute atomic E-state index is 13.6. The molecular weight excluding hydrogens is 512 g/mol. The van der Waals surface area contributed by atoms with Crippen molar-refractivity contribution in [2.75, 3.05) is 9.46 Å². The fourth-order valence-corrected chi connectivity index (χ4v) is 8.59. The molecule has 1 atom stereocenters. The van der Waals surface area contributed by atoms with Crippen LogP contribution in [-0.2, 0) is 20.0 Å². The zero-order valence-corrected chi connectivity index (χ0v) is 20.2. The number of anilines is 1. The molecule has 9 heteroatoms. The van der Waals surface area contributed by atoms with E-state index in [1.807, 2.05) is 55.5 Å². The topological polar surface area (TPSA) is 87.3 Å². The van der Waals surface area contributed by atoms with Crippen molar-refractivity contribution in [1.29, 1.82) is 0 Å². The molecule has 0 spiro atoms. The predicted octanol–water partition coefficient (Wildman–Crippen LogP) is 4.91. The monoisotopic (exact) mass is 530 g/mol. The van der Waals surface area contributed by atoms with E-state index < -0.39 is 26.0 Å². The number of rotatable bonds is 3. The van der Waals surface area contributed by atoms with E-state index >= 15 is 0 Å². The second kappa shape index (κ2) is 7.47. The summed E-state index contributed by atoms with van der Waals surface area (Å²) < 4.78 is 55.5. The Balaban J connectivity index is 1.81. The molecule has 0 saturated carbocycles. The lowest BCUT2D eigenvalue weighted by Crippen LogP contribution is -2.43. The molecule has 0 bridgehead atoms. The lowest BCUT2D eigenvalue weighted by Gasteiger charge is -2.32. The first kappa shape index (κ1) is 21.2. The number of halogens is 1. The van der Waals surface area contributed by atoms with E-state index in [1.54, 1.807) is 12.1 Å². The molecule has 5 rings (SSSR count). The van der Waals surface area contributed by atoms with Crippen molar-refractivity contribution in [3.8, 4) is 0 Å². The Labute approximate surface area is 195 Å². The lowest BCUT2D eigenvalue weighted by molar-refractivity contribution is 0.579. The largest absolute Gasteiger partial charge is 0.339 e. The SMILES string of the molecule is Cc1ccc(S(=O)(=O)N2c3[nH]c4cc(Br)ccc4c3C(c3ccccc3)CS2(=O)=O)cc1. The van der Waals surface area contributed by atoms with Gasteiger partial charge in [-0.2, -0.15) is 8.42 Å². The van der Waals surface area contributed by atoms with Gasteiger partial charge in [0, 0.05) is 26.9 Å². The Morgan fingerprint density at radius 3 is 2.38 bits per heavy atom. The van der Waals surface area contributed by atoms with Crippen LogP contribution in [0.2, 0.25) is 0 Å². The summed E-state index contributed by atoms with van der Waals surface area (Å²) in [5, 5.41) is 0.788. The van der Waals surface area contributed by atoms with Gasteiger partial charge in [-0.25, -0.2) is 8.42 Å². The molecular formula is C23H19BrN2O4S2. The van der Waals surface area contributed by atoms with Crippen molar-refractivity contribution in [2.45, 2.75) is 17.7 Å². The van der Waals surface area contributed by atoms with Crippen molar-refractivity contribution >= 4 is 52.7 Å². The van der Waals surface area contributed by atoms with E-state index in [4.69, 9.17) is 0 Å². The molecule has 0 radical (unpaired) electrons. The molecule has 1 aliphatic heterocycles. The van der Waals surface area contributed by atoms with E-state index in [2.05, 4.69) is 20.9 Å². The third-order valence-corrected chi connectivity index (χ3v) is 10.4. The average Bonchev–Trinajstić information content (AvgIpc) is 3.10. The molecule has 2 heterocycles. The first-order valence-electron chi connectivity index (χ1n) is 9.89. The van der Waals surface area contributed by atoms with E-state index in [0.717, 1.165) is 21.0 Å². The fraction of sp³-hybridized carbons (Fsp3) is 0.130. The molecule has 6 nitrogen and oxygen atoms in total. The summed E-state index contributed by atoms with van der Waals surface area (Å²) in [6, 6.07) is 21.0. The Morgan fingerprint density at radius 1 is 1.00 bits per heavy atom. The van der Waals surface area contributed by atoms with Crippen LogP contribution in [-0.4, -0.2) is 27.6 Å². The molecule has 4 aromatic rings. The van der Waals surface area contributed by atoms with E-state index in [-0.39, 0.29) is 16.5 Å². The highest BCUT2D eigenvalue weighted by atomic mass is 79.9. The highest BCUT2D eigenvalue weighted by Crippen LogP contribution is 2.46. The molecule has 0 amide bonds. The molecule has 1 N–H and O–H groups in total. The second-order valence-electron chi connectivity index (χ2n) is 7.83. The van der Waals surface area contributed by atoms with Gasteiger partial charge in [0.1, 0.15) is 5.82 Å². The standard InChI is InChI=1S/C23H19BrN2O4S2/c1-15-7-10-18(11-8-15)32(29,30)26-23-22(19-12-9-17(24)13-21(19)25-23)20(14-31(26,27)28)16-5-3-2-4-6-16/h2-13,20,25H,14H2,1H3. The summed E-state index contributed by atoms with van der Waals surface area (Å²) >= 11 is 3.44. The lowest BCUT2D eigenvalue weighted by atomic mass is 9.92. The number of hydrogen-bond donors (Lipinski definition) is 1. The van der Waals surface area contributed by atoms with Gasteiger partial charge in [-0.15, -0.1) is 3.71 Å². The summed E-state index contributed by atoms with van der Waals surface area (Å²) in [7, 11) is -8.57. The molecule has 0 saturated heterocycles. The van der Waals surface area contributed by atoms with Crippen molar-refractivity contribution in [1.82, 2.24) is 4.98 Å². The Hall–Kier alpha value is -2.62. The molecule has 164 valence electrons. The van der Waals surface area contributed by atoms with Crippen LogP contribution in [0, 0.1) is 6.92 Å². The Kier molecular flexibility index (Phi) is 4.96. The van der Waals surface area contributed by atoms with Crippen LogP contribution in [0.25, 0.3) is 10.9 Å². The van der Waals surface area contributed by atoms with Gasteiger partial charge >= 0.3 is 0 Å². The zero-order chi connectivity index (χ0) is 22.7. The summed E-state index contributed by atoms with van der Waals surface area (Å²) in [4.78, 5) is 3.01. The highest BCUT2D eigenvalue weighted by molar-refractivity contribution is 9.10. The smallest absolute Gasteiger partial charge is 0.278 e. The first-order valence-corrected chi connectivity index (χ1v) is 13.7. The Morgan fingerprint density at radius 2 is 1.69 bits per heavy atom. The van der Waals surface area contributed by atoms with Gasteiger partial charge in [-0.1, -0.05) is 70.0 Å². The maximum Gasteiger partial charge on any atom is 0.278 e. The third-order valence-electron chi connectivity index (χ3n) is 5.68. The molecule has 3 aromatic carbocycles. The van der Waals surface area contributed by atoms with Gasteiger partial charge in [0.2, 0.25) is 0 Å². The number of aryl methyl sites for hydroxylation is 1. The number of sulfonamides is 2. The number of aromatic nitrogens is 1. The average molecular weight is 531 g/mol. The first-order chi connectivity index (χ1) is 15.2. The molecule has 0 fully saturated rings. The number of benzene rings is 3. The fourth-order valence-electron chi connectivity index (χ4n) is 4.20. The zero-order valence-electron chi connectivity index (χ0n) is 17.0. The summed E-state index contributed by atoms with van der Waals surface area (Å²) in [6.07, 6.45) is 0. The number of H-pyrrole nitrogens is 1. The van der Waals surface area contributed by atoms with Crippen LogP contribution in [0.4, 0.5) is 5.82 Å². The third kappa shape index (κ3) is 3.35. The van der Waals surface area contributed by atoms with Crippen LogP contribution in [0.3, 0.4) is 0 Å². The van der Waals surface area contributed by atoms with Crippen LogP contribution < -0.4 is 3.71 Å². The summed E-state index contributed by atoms with van der Waals surface area (Å²) in [5.74, 6) is -0.785. The van der Waals surface area contributed by atoms with Crippen LogP contribution >= 0.6 is 15.9 Å². The molecule has 1 aliphatic rings. The van der Waals surface area contributed by atoms with Crippen molar-refractivity contribution < 1.29 is 16.8 Å². The van der Waals surface area contributed by atoms with Gasteiger partial charge in [-0.05, 0) is 36.8 Å². The predicted molar refractivity (Wildman–Crippen MR) is 129 cm³/mol. The number of fused-ring (bicyclic) bond motifs is 3. The van der Waals surface area contributed by atoms with E-state index in [9.17, 15) is 16.8 Å². The minimum Gasteiger partial charge on any atom is -0.339 e. The number of nitrogens with zero attached hydrogens (tertiary/aromatic N) is 1. The van der Waals surface area contributed by atoms with Gasteiger partial charge in [0.25, 0.3) is 20.0 Å². The quantitative estimate of drug-likeness (QED) is 0.407. The second-order valence-corrected chi connectivity index (χ2v) is 12.6. The van der Waals surface area contributed by atoms with Gasteiger partial charge in [-0.3, -0.25) is 0 Å². The number of nitrogens with one attached hydrogen (secondary N) is 1. The van der Waals surface area contributed by atoms with E-state index in [0.29, 0.717) is 14.8 Å². The van der Waals surface area contributed by atoms with E-state index in [1.165, 1.54) is 12.1 Å². The minimum absolute atomic E-state index is 0.0683. The number of aromatic amines is 1. The maximum atomic E-state index is 13.6. The minimum atomic E-state index is -4.36. The van der Waals surface area contributed by atoms with Crippen LogP contribution in [0.5, 0.6) is 0 Å². The summed E-state index contributed by atoms with van der Waals surface area (Å²) in [5.41, 5.74) is 3.01. The van der Waals surface area contributed by atoms with Crippen molar-refractivity contribution in [2.24, 2.45) is 0 Å². The molecule has 0 aliphatic carbocycles. The summed E-state index contributed by atoms with van der Waals surface area (Å²) in [6.45, 7) is 1.84. The normalized spacial score (nSPS) is 17.9. The Bertz CT molecular complexity index is 1550. The van der Waals surface area contributed by atoms with Gasteiger partial charge < -0.3 is 4.98 Å². The van der Waals surface area contributed by atoms with Crippen molar-refractivity contribution in [3.05, 3.63) is 94.0 Å². The molecule has 1 unspecified atom stereocenters. The molecule has 1 aromatic heterocycles. The van der Waals surface area contributed by atoms with Crippen LogP contribution in [0.15, 0.2) is 82.2 Å². The van der Waals surface area contributed by atoms with Crippen molar-refractivity contribution in [3.63, 3.8) is 0 Å². The van der Waals surface area contributed by atoms with Crippen LogP contribution in [0.1, 0.15) is 22.6 Å².